The standard InChI is InChI=1S/C14H10ClNO5/c15-9-3-6-12(17)11(7-9)14(19)13(18)8-1-4-10(5-2-8)16(20)21/h1-7,14,17,19H/t14-/m1/s1. The minimum Gasteiger partial charge on any atom is -0.508 e. The molecule has 0 saturated heterocycles. The number of phenols is 1. The summed E-state index contributed by atoms with van der Waals surface area (Å²) in [7, 11) is 0. The molecule has 0 amide bonds. The SMILES string of the molecule is O=C(c1ccc([N+](=O)[O-])cc1)[C@H](O)c1cc(Cl)ccc1O. The zero-order valence-electron chi connectivity index (χ0n) is 10.6. The number of aliphatic hydroxyl groups is 1. The van der Waals surface area contributed by atoms with E-state index in [2.05, 4.69) is 0 Å². The first-order valence-electron chi connectivity index (χ1n) is 5.85. The van der Waals surface area contributed by atoms with Crippen LogP contribution in [0, 0.1) is 10.1 Å². The average molecular weight is 308 g/mol. The number of carbonyl (C=O) groups is 1. The maximum atomic E-state index is 12.1. The Hall–Kier alpha value is -2.44. The number of non-ortho nitro benzene ring substituents is 1. The van der Waals surface area contributed by atoms with Crippen molar-refractivity contribution in [3.8, 4) is 5.75 Å². The number of Topliss-reactive ketones (excluding diaryl/α,β-unsaturated/α-hetero) is 1. The van der Waals surface area contributed by atoms with Crippen LogP contribution in [0.3, 0.4) is 0 Å². The number of hydrogen-bond donors (Lipinski definition) is 2. The van der Waals surface area contributed by atoms with Crippen molar-refractivity contribution < 1.29 is 19.9 Å². The Labute approximate surface area is 124 Å². The van der Waals surface area contributed by atoms with E-state index in [1.165, 1.54) is 30.3 Å². The Morgan fingerprint density at radius 1 is 1.19 bits per heavy atom. The number of ketones is 1. The molecule has 0 radical (unpaired) electrons. The van der Waals surface area contributed by atoms with Crippen LogP contribution in [0.5, 0.6) is 5.75 Å². The van der Waals surface area contributed by atoms with Crippen molar-refractivity contribution in [3.05, 3.63) is 68.7 Å². The number of benzene rings is 2. The minimum absolute atomic E-state index is 0.0224. The number of aliphatic hydroxyl groups excluding tert-OH is 1. The Bertz CT molecular complexity index is 699. The Balaban J connectivity index is 2.30. The van der Waals surface area contributed by atoms with Gasteiger partial charge in [0.25, 0.3) is 5.69 Å². The number of phenolic OH excluding ortho intramolecular Hbond substituents is 1. The molecule has 21 heavy (non-hydrogen) atoms. The molecule has 0 fully saturated rings. The first-order chi connectivity index (χ1) is 9.90. The summed E-state index contributed by atoms with van der Waals surface area (Å²) < 4.78 is 0. The average Bonchev–Trinajstić information content (AvgIpc) is 2.48. The monoisotopic (exact) mass is 307 g/mol. The van der Waals surface area contributed by atoms with Gasteiger partial charge >= 0.3 is 0 Å². The maximum absolute atomic E-state index is 12.1. The molecule has 0 aliphatic rings. The van der Waals surface area contributed by atoms with Crippen molar-refractivity contribution in [2.45, 2.75) is 6.10 Å². The van der Waals surface area contributed by atoms with E-state index >= 15 is 0 Å². The van der Waals surface area contributed by atoms with Gasteiger partial charge in [-0.2, -0.15) is 0 Å². The molecule has 0 aliphatic heterocycles. The van der Waals surface area contributed by atoms with Crippen LogP contribution >= 0.6 is 11.6 Å². The van der Waals surface area contributed by atoms with Gasteiger partial charge in [0, 0.05) is 28.3 Å². The van der Waals surface area contributed by atoms with E-state index in [1.807, 2.05) is 0 Å². The molecule has 2 aromatic carbocycles. The molecule has 0 bridgehead atoms. The first kappa shape index (κ1) is 15.0. The highest BCUT2D eigenvalue weighted by molar-refractivity contribution is 6.30. The zero-order valence-corrected chi connectivity index (χ0v) is 11.3. The zero-order chi connectivity index (χ0) is 15.6. The van der Waals surface area contributed by atoms with Crippen LogP contribution in [0.2, 0.25) is 5.02 Å². The fraction of sp³-hybridized carbons (Fsp3) is 0.0714. The van der Waals surface area contributed by atoms with Gasteiger partial charge in [-0.05, 0) is 30.3 Å². The smallest absolute Gasteiger partial charge is 0.269 e. The maximum Gasteiger partial charge on any atom is 0.269 e. The molecule has 2 aromatic rings. The van der Waals surface area contributed by atoms with E-state index in [9.17, 15) is 25.1 Å². The summed E-state index contributed by atoms with van der Waals surface area (Å²) in [5.41, 5.74) is -0.0926. The molecule has 0 saturated carbocycles. The van der Waals surface area contributed by atoms with Crippen LogP contribution in [-0.2, 0) is 0 Å². The van der Waals surface area contributed by atoms with Crippen molar-refractivity contribution in [2.24, 2.45) is 0 Å². The van der Waals surface area contributed by atoms with Gasteiger partial charge in [-0.1, -0.05) is 11.6 Å². The molecule has 0 heterocycles. The molecule has 0 aromatic heterocycles. The molecule has 0 unspecified atom stereocenters. The Kier molecular flexibility index (Phi) is 4.21. The van der Waals surface area contributed by atoms with Gasteiger partial charge < -0.3 is 10.2 Å². The lowest BCUT2D eigenvalue weighted by Crippen LogP contribution is -2.12. The van der Waals surface area contributed by atoms with E-state index in [1.54, 1.807) is 0 Å². The summed E-state index contributed by atoms with van der Waals surface area (Å²) in [6.07, 6.45) is -1.61. The highest BCUT2D eigenvalue weighted by Crippen LogP contribution is 2.29. The molecule has 2 N–H and O–H groups in total. The molecular weight excluding hydrogens is 298 g/mol. The van der Waals surface area contributed by atoms with Gasteiger partial charge in [-0.3, -0.25) is 14.9 Å². The number of halogens is 1. The number of rotatable bonds is 4. The van der Waals surface area contributed by atoms with Gasteiger partial charge in [0.2, 0.25) is 0 Å². The lowest BCUT2D eigenvalue weighted by Gasteiger charge is -2.12. The fourth-order valence-electron chi connectivity index (χ4n) is 1.79. The van der Waals surface area contributed by atoms with Gasteiger partial charge in [0.1, 0.15) is 11.9 Å². The number of carbonyl (C=O) groups excluding carboxylic acids is 1. The summed E-state index contributed by atoms with van der Waals surface area (Å²) >= 11 is 5.76. The van der Waals surface area contributed by atoms with Crippen LogP contribution in [0.4, 0.5) is 5.69 Å². The fourth-order valence-corrected chi connectivity index (χ4v) is 1.97. The van der Waals surface area contributed by atoms with Crippen LogP contribution in [-0.4, -0.2) is 20.9 Å². The number of nitro benzene ring substituents is 1. The van der Waals surface area contributed by atoms with E-state index < -0.39 is 16.8 Å². The van der Waals surface area contributed by atoms with Crippen molar-refractivity contribution in [2.75, 3.05) is 0 Å². The normalized spacial score (nSPS) is 11.9. The summed E-state index contributed by atoms with van der Waals surface area (Å²) in [6.45, 7) is 0. The number of hydrogen-bond acceptors (Lipinski definition) is 5. The second-order valence-corrected chi connectivity index (χ2v) is 4.71. The summed E-state index contributed by atoms with van der Waals surface area (Å²) in [6, 6.07) is 8.78. The van der Waals surface area contributed by atoms with Crippen LogP contribution in [0.15, 0.2) is 42.5 Å². The van der Waals surface area contributed by atoms with Gasteiger partial charge in [-0.15, -0.1) is 0 Å². The van der Waals surface area contributed by atoms with E-state index in [-0.39, 0.29) is 27.6 Å². The lowest BCUT2D eigenvalue weighted by atomic mass is 9.99. The summed E-state index contributed by atoms with van der Waals surface area (Å²) in [5, 5.41) is 30.5. The quantitative estimate of drug-likeness (QED) is 0.514. The van der Waals surface area contributed by atoms with Crippen molar-refractivity contribution in [1.29, 1.82) is 0 Å². The third-order valence-electron chi connectivity index (χ3n) is 2.90. The van der Waals surface area contributed by atoms with Crippen LogP contribution < -0.4 is 0 Å². The van der Waals surface area contributed by atoms with Gasteiger partial charge in [0.05, 0.1) is 4.92 Å². The summed E-state index contributed by atoms with van der Waals surface area (Å²) in [5.74, 6) is -0.954. The van der Waals surface area contributed by atoms with Crippen molar-refractivity contribution >= 4 is 23.1 Å². The van der Waals surface area contributed by atoms with E-state index in [4.69, 9.17) is 11.6 Å². The second-order valence-electron chi connectivity index (χ2n) is 4.27. The highest BCUT2D eigenvalue weighted by atomic mass is 35.5. The van der Waals surface area contributed by atoms with E-state index in [0.717, 1.165) is 12.1 Å². The lowest BCUT2D eigenvalue weighted by molar-refractivity contribution is -0.384. The Morgan fingerprint density at radius 2 is 1.81 bits per heavy atom. The van der Waals surface area contributed by atoms with Crippen LogP contribution in [0.25, 0.3) is 0 Å². The number of nitro groups is 1. The highest BCUT2D eigenvalue weighted by Gasteiger charge is 2.23. The predicted molar refractivity (Wildman–Crippen MR) is 75.5 cm³/mol. The Morgan fingerprint density at radius 3 is 2.38 bits per heavy atom. The first-order valence-corrected chi connectivity index (χ1v) is 6.23. The minimum atomic E-state index is -1.61. The largest absolute Gasteiger partial charge is 0.508 e. The molecule has 108 valence electrons. The van der Waals surface area contributed by atoms with Gasteiger partial charge in [0.15, 0.2) is 5.78 Å². The molecule has 0 aliphatic carbocycles. The van der Waals surface area contributed by atoms with Crippen LogP contribution in [0.1, 0.15) is 22.0 Å². The summed E-state index contributed by atoms with van der Waals surface area (Å²) in [4.78, 5) is 22.1. The molecule has 1 atom stereocenters. The molecule has 0 spiro atoms. The topological polar surface area (TPSA) is 101 Å². The number of aromatic hydroxyl groups is 1. The molecule has 6 nitrogen and oxygen atoms in total. The molecular formula is C14H10ClNO5. The van der Waals surface area contributed by atoms with E-state index in [0.29, 0.717) is 0 Å². The number of nitrogens with zero attached hydrogens (tertiary/aromatic N) is 1. The van der Waals surface area contributed by atoms with Crippen molar-refractivity contribution in [1.82, 2.24) is 0 Å². The van der Waals surface area contributed by atoms with Crippen molar-refractivity contribution in [3.63, 3.8) is 0 Å². The third-order valence-corrected chi connectivity index (χ3v) is 3.13. The third kappa shape index (κ3) is 3.18. The van der Waals surface area contributed by atoms with Gasteiger partial charge in [-0.25, -0.2) is 0 Å². The predicted octanol–water partition coefficient (Wildman–Crippen LogP) is 2.87. The molecule has 2 rings (SSSR count). The molecule has 7 heteroatoms. The second kappa shape index (κ2) is 5.90.